The van der Waals surface area contributed by atoms with E-state index in [-0.39, 0.29) is 5.91 Å². The molecular weight excluding hydrogens is 242 g/mol. The van der Waals surface area contributed by atoms with E-state index in [1.165, 1.54) is 25.7 Å². The Morgan fingerprint density at radius 2 is 1.93 bits per heavy atom. The molecule has 0 spiro atoms. The summed E-state index contributed by atoms with van der Waals surface area (Å²) in [4.78, 5) is 16.0. The summed E-state index contributed by atoms with van der Waals surface area (Å²) in [5, 5.41) is 0. The van der Waals surface area contributed by atoms with Crippen molar-refractivity contribution in [3.8, 4) is 10.8 Å². The Hall–Kier alpha value is -0.490. The van der Waals surface area contributed by atoms with Crippen LogP contribution in [0.5, 0.6) is 0 Å². The van der Waals surface area contributed by atoms with Gasteiger partial charge in [-0.3, -0.25) is 4.79 Å². The number of carbonyl (C=O) groups is 1. The molecule has 1 saturated heterocycles. The fourth-order valence-electron chi connectivity index (χ4n) is 2.72. The second kappa shape index (κ2) is 4.35. The number of nitrogens with zero attached hydrogens (tertiary/aromatic N) is 1. The number of rotatable bonds is 0. The molecule has 0 N–H and O–H groups in total. The third kappa shape index (κ3) is 2.12. The van der Waals surface area contributed by atoms with Crippen molar-refractivity contribution in [1.82, 2.24) is 4.90 Å². The molecule has 2 bridgehead atoms. The third-order valence-electron chi connectivity index (χ3n) is 3.29. The van der Waals surface area contributed by atoms with Gasteiger partial charge in [-0.1, -0.05) is 6.42 Å². The molecule has 2 unspecified atom stereocenters. The van der Waals surface area contributed by atoms with E-state index in [4.69, 9.17) is 0 Å². The fourth-order valence-corrected chi connectivity index (χ4v) is 2.89. The van der Waals surface area contributed by atoms with Crippen molar-refractivity contribution in [2.75, 3.05) is 13.1 Å². The van der Waals surface area contributed by atoms with Crippen LogP contribution in [-0.4, -0.2) is 23.9 Å². The molecule has 2 fully saturated rings. The van der Waals surface area contributed by atoms with E-state index < -0.39 is 0 Å². The predicted octanol–water partition coefficient (Wildman–Crippen LogP) is 1.99. The summed E-state index contributed by atoms with van der Waals surface area (Å²) >= 11 is 2.97. The normalized spacial score (nSPS) is 30.5. The van der Waals surface area contributed by atoms with Crippen LogP contribution in [0.4, 0.5) is 0 Å². The van der Waals surface area contributed by atoms with Gasteiger partial charge in [0.1, 0.15) is 0 Å². The van der Waals surface area contributed by atoms with E-state index in [0.29, 0.717) is 0 Å². The molecular formula is C11H14BrNO. The first-order valence-electron chi connectivity index (χ1n) is 5.20. The molecule has 0 aromatic heterocycles. The maximum absolute atomic E-state index is 11.6. The van der Waals surface area contributed by atoms with Crippen molar-refractivity contribution in [2.45, 2.75) is 25.7 Å². The monoisotopic (exact) mass is 255 g/mol. The first-order chi connectivity index (χ1) is 6.79. The molecule has 2 rings (SSSR count). The summed E-state index contributed by atoms with van der Waals surface area (Å²) in [6.07, 6.45) is 5.26. The number of carbonyl (C=O) groups excluding carboxylic acids is 1. The molecule has 1 heterocycles. The Morgan fingerprint density at radius 3 is 2.50 bits per heavy atom. The van der Waals surface area contributed by atoms with E-state index in [1.54, 1.807) is 0 Å². The summed E-state index contributed by atoms with van der Waals surface area (Å²) < 4.78 is 0. The first kappa shape index (κ1) is 10.0. The number of likely N-dealkylation sites (tertiary alicyclic amines) is 1. The lowest BCUT2D eigenvalue weighted by Crippen LogP contribution is -2.45. The van der Waals surface area contributed by atoms with Crippen LogP contribution >= 0.6 is 15.9 Å². The number of piperidine rings is 1. The van der Waals surface area contributed by atoms with Gasteiger partial charge in [-0.15, -0.1) is 0 Å². The standard InChI is InChI=1S/C11H14BrNO/c12-5-4-11(14)13-7-9-2-1-3-10(6-9)8-13/h9-10H,1-3,6-8H2. The highest BCUT2D eigenvalue weighted by atomic mass is 79.9. The summed E-state index contributed by atoms with van der Waals surface area (Å²) in [7, 11) is 0. The maximum atomic E-state index is 11.6. The fraction of sp³-hybridized carbons (Fsp3) is 0.727. The molecule has 1 amide bonds. The molecule has 76 valence electrons. The summed E-state index contributed by atoms with van der Waals surface area (Å²) in [5.41, 5.74) is 0. The van der Waals surface area contributed by atoms with Crippen molar-refractivity contribution in [2.24, 2.45) is 11.8 Å². The van der Waals surface area contributed by atoms with E-state index in [9.17, 15) is 4.79 Å². The lowest BCUT2D eigenvalue weighted by Gasteiger charge is -2.40. The summed E-state index contributed by atoms with van der Waals surface area (Å²) in [6, 6.07) is 0. The highest BCUT2D eigenvalue weighted by Gasteiger charge is 2.31. The van der Waals surface area contributed by atoms with E-state index in [2.05, 4.69) is 26.7 Å². The Balaban J connectivity index is 2.00. The predicted molar refractivity (Wildman–Crippen MR) is 58.7 cm³/mol. The number of fused-ring (bicyclic) bond motifs is 2. The minimum Gasteiger partial charge on any atom is -0.331 e. The number of halogens is 1. The highest BCUT2D eigenvalue weighted by Crippen LogP contribution is 2.34. The molecule has 2 nitrogen and oxygen atoms in total. The van der Waals surface area contributed by atoms with Crippen molar-refractivity contribution >= 4 is 21.8 Å². The van der Waals surface area contributed by atoms with Gasteiger partial charge in [0.15, 0.2) is 0 Å². The number of hydrogen-bond acceptors (Lipinski definition) is 1. The highest BCUT2D eigenvalue weighted by molar-refractivity contribution is 9.12. The van der Waals surface area contributed by atoms with Crippen molar-refractivity contribution < 1.29 is 4.79 Å². The van der Waals surface area contributed by atoms with Gasteiger partial charge in [0.2, 0.25) is 0 Å². The van der Waals surface area contributed by atoms with E-state index in [0.717, 1.165) is 24.9 Å². The van der Waals surface area contributed by atoms with Gasteiger partial charge in [0, 0.05) is 34.9 Å². The van der Waals surface area contributed by atoms with Crippen LogP contribution in [0.3, 0.4) is 0 Å². The Morgan fingerprint density at radius 1 is 1.29 bits per heavy atom. The van der Waals surface area contributed by atoms with Gasteiger partial charge in [0.05, 0.1) is 0 Å². The van der Waals surface area contributed by atoms with Gasteiger partial charge >= 0.3 is 0 Å². The molecule has 3 heteroatoms. The lowest BCUT2D eigenvalue weighted by molar-refractivity contribution is -0.128. The van der Waals surface area contributed by atoms with Crippen molar-refractivity contribution in [3.05, 3.63) is 0 Å². The van der Waals surface area contributed by atoms with Crippen LogP contribution in [0.25, 0.3) is 0 Å². The first-order valence-corrected chi connectivity index (χ1v) is 5.99. The number of hydrogen-bond donors (Lipinski definition) is 0. The average Bonchev–Trinajstić information content (AvgIpc) is 2.17. The molecule has 2 atom stereocenters. The number of amides is 1. The van der Waals surface area contributed by atoms with Gasteiger partial charge < -0.3 is 4.90 Å². The third-order valence-corrected chi connectivity index (χ3v) is 3.49. The molecule has 14 heavy (non-hydrogen) atoms. The van der Waals surface area contributed by atoms with Gasteiger partial charge in [-0.2, -0.15) is 0 Å². The van der Waals surface area contributed by atoms with Crippen molar-refractivity contribution in [1.29, 1.82) is 0 Å². The average molecular weight is 256 g/mol. The lowest BCUT2D eigenvalue weighted by atomic mass is 9.78. The second-order valence-corrected chi connectivity index (χ2v) is 4.72. The summed E-state index contributed by atoms with van der Waals surface area (Å²) in [5.74, 6) is 4.02. The molecule has 0 radical (unpaired) electrons. The second-order valence-electron chi connectivity index (χ2n) is 4.33. The van der Waals surface area contributed by atoms with Crippen LogP contribution in [0.1, 0.15) is 25.7 Å². The quantitative estimate of drug-likeness (QED) is 0.607. The van der Waals surface area contributed by atoms with Gasteiger partial charge in [-0.25, -0.2) is 0 Å². The largest absolute Gasteiger partial charge is 0.331 e. The maximum Gasteiger partial charge on any atom is 0.299 e. The van der Waals surface area contributed by atoms with E-state index >= 15 is 0 Å². The zero-order valence-electron chi connectivity index (χ0n) is 8.13. The minimum atomic E-state index is -0.0153. The van der Waals surface area contributed by atoms with Crippen molar-refractivity contribution in [3.63, 3.8) is 0 Å². The van der Waals surface area contributed by atoms with Crippen LogP contribution in [0.15, 0.2) is 0 Å². The Kier molecular flexibility index (Phi) is 3.12. The molecule has 0 aromatic carbocycles. The topological polar surface area (TPSA) is 20.3 Å². The Bertz CT molecular complexity index is 279. The summed E-state index contributed by atoms with van der Waals surface area (Å²) in [6.45, 7) is 1.86. The van der Waals surface area contributed by atoms with Crippen LogP contribution < -0.4 is 0 Å². The minimum absolute atomic E-state index is 0.0153. The molecule has 1 aliphatic carbocycles. The van der Waals surface area contributed by atoms with E-state index in [1.807, 2.05) is 4.90 Å². The smallest absolute Gasteiger partial charge is 0.299 e. The van der Waals surface area contributed by atoms with Crippen LogP contribution in [-0.2, 0) is 4.79 Å². The Labute approximate surface area is 93.2 Å². The zero-order valence-corrected chi connectivity index (χ0v) is 9.72. The zero-order chi connectivity index (χ0) is 9.97. The van der Waals surface area contributed by atoms with Gasteiger partial charge in [-0.05, 0) is 35.9 Å². The molecule has 0 aromatic rings. The van der Waals surface area contributed by atoms with Crippen LogP contribution in [0.2, 0.25) is 0 Å². The SMILES string of the molecule is O=C(C#CBr)N1CC2CCCC(C2)C1. The molecule has 1 aliphatic heterocycles. The van der Waals surface area contributed by atoms with Gasteiger partial charge in [0.25, 0.3) is 5.91 Å². The van der Waals surface area contributed by atoms with Crippen LogP contribution in [0, 0.1) is 22.6 Å². The molecule has 2 aliphatic rings. The molecule has 1 saturated carbocycles.